The first-order chi connectivity index (χ1) is 7.47. The van der Waals surface area contributed by atoms with E-state index in [1.54, 1.807) is 7.05 Å². The Morgan fingerprint density at radius 2 is 2.12 bits per heavy atom. The van der Waals surface area contributed by atoms with Crippen LogP contribution in [-0.4, -0.2) is 47.6 Å². The smallest absolute Gasteiger partial charge is 0.342 e. The fourth-order valence-electron chi connectivity index (χ4n) is 1.35. The molecule has 0 radical (unpaired) electrons. The van der Waals surface area contributed by atoms with E-state index in [-0.39, 0.29) is 23.7 Å². The van der Waals surface area contributed by atoms with E-state index in [2.05, 4.69) is 15.6 Å². The predicted molar refractivity (Wildman–Crippen MR) is 56.3 cm³/mol. The van der Waals surface area contributed by atoms with Gasteiger partial charge in [-0.15, -0.1) is 0 Å². The van der Waals surface area contributed by atoms with Gasteiger partial charge in [-0.3, -0.25) is 9.79 Å². The maximum Gasteiger partial charge on any atom is 0.342 e. The standard InChI is InChI=1S/C9H13N3O4/c1-4(13)12-8-6(9(15)16)7(14)5(10-2)3-11-8/h5,10,14H,3H2,1-2H3,(H,15,16)(H,11,12,13). The zero-order chi connectivity index (χ0) is 12.3. The van der Waals surface area contributed by atoms with Crippen LogP contribution >= 0.6 is 0 Å². The number of hydrogen-bond acceptors (Lipinski definition) is 5. The Kier molecular flexibility index (Phi) is 3.62. The van der Waals surface area contributed by atoms with E-state index in [0.29, 0.717) is 0 Å². The average molecular weight is 227 g/mol. The van der Waals surface area contributed by atoms with Gasteiger partial charge in [-0.2, -0.15) is 0 Å². The molecule has 0 aromatic carbocycles. The molecule has 0 saturated carbocycles. The summed E-state index contributed by atoms with van der Waals surface area (Å²) in [5.74, 6) is -2.20. The third kappa shape index (κ3) is 2.37. The Morgan fingerprint density at radius 1 is 1.50 bits per heavy atom. The number of nitrogens with zero attached hydrogens (tertiary/aromatic N) is 1. The molecule has 0 bridgehead atoms. The van der Waals surface area contributed by atoms with Crippen molar-refractivity contribution in [3.63, 3.8) is 0 Å². The van der Waals surface area contributed by atoms with Crippen LogP contribution < -0.4 is 10.6 Å². The molecule has 88 valence electrons. The van der Waals surface area contributed by atoms with Gasteiger partial charge in [0, 0.05) is 6.92 Å². The number of amides is 1. The van der Waals surface area contributed by atoms with Gasteiger partial charge < -0.3 is 20.8 Å². The first-order valence-electron chi connectivity index (χ1n) is 4.63. The number of aliphatic hydroxyl groups excluding tert-OH is 1. The number of hydrogen-bond donors (Lipinski definition) is 4. The van der Waals surface area contributed by atoms with Crippen LogP contribution in [0.25, 0.3) is 0 Å². The zero-order valence-corrected chi connectivity index (χ0v) is 8.94. The van der Waals surface area contributed by atoms with E-state index >= 15 is 0 Å². The summed E-state index contributed by atoms with van der Waals surface area (Å²) in [6.07, 6.45) is 0. The molecule has 1 unspecified atom stereocenters. The minimum Gasteiger partial charge on any atom is -0.510 e. The summed E-state index contributed by atoms with van der Waals surface area (Å²) in [5, 5.41) is 23.6. The average Bonchev–Trinajstić information content (AvgIpc) is 2.16. The van der Waals surface area contributed by atoms with Crippen LogP contribution in [0.5, 0.6) is 0 Å². The van der Waals surface area contributed by atoms with Crippen molar-refractivity contribution in [2.45, 2.75) is 13.0 Å². The Bertz CT molecular complexity index is 386. The molecule has 7 nitrogen and oxygen atoms in total. The molecule has 0 spiro atoms. The maximum absolute atomic E-state index is 10.9. The number of aliphatic carboxylic acids is 1. The van der Waals surface area contributed by atoms with Crippen LogP contribution in [0.1, 0.15) is 6.92 Å². The molecule has 1 rings (SSSR count). The summed E-state index contributed by atoms with van der Waals surface area (Å²) in [7, 11) is 1.58. The van der Waals surface area contributed by atoms with Crippen LogP contribution in [0.15, 0.2) is 16.3 Å². The van der Waals surface area contributed by atoms with Crippen molar-refractivity contribution < 1.29 is 19.8 Å². The normalized spacial score (nSPS) is 20.4. The molecule has 16 heavy (non-hydrogen) atoms. The van der Waals surface area contributed by atoms with Crippen molar-refractivity contribution in [1.82, 2.24) is 10.6 Å². The lowest BCUT2D eigenvalue weighted by Gasteiger charge is -2.21. The number of carbonyl (C=O) groups is 2. The molecule has 4 N–H and O–H groups in total. The highest BCUT2D eigenvalue weighted by Gasteiger charge is 2.29. The van der Waals surface area contributed by atoms with E-state index in [1.807, 2.05) is 0 Å². The molecule has 1 amide bonds. The van der Waals surface area contributed by atoms with Gasteiger partial charge in [0.05, 0.1) is 12.6 Å². The van der Waals surface area contributed by atoms with Gasteiger partial charge in [0.2, 0.25) is 5.91 Å². The topological polar surface area (TPSA) is 111 Å². The number of carboxylic acid groups (broad SMARTS) is 1. The number of carboxylic acids is 1. The molecule has 0 fully saturated rings. The Balaban J connectivity index is 3.08. The van der Waals surface area contributed by atoms with Gasteiger partial charge in [-0.25, -0.2) is 4.79 Å². The third-order valence-electron chi connectivity index (χ3n) is 2.11. The Morgan fingerprint density at radius 3 is 2.56 bits per heavy atom. The van der Waals surface area contributed by atoms with Crippen LogP contribution in [-0.2, 0) is 9.59 Å². The summed E-state index contributed by atoms with van der Waals surface area (Å²) >= 11 is 0. The molecule has 0 aromatic rings. The minimum absolute atomic E-state index is 0.107. The lowest BCUT2D eigenvalue weighted by molar-refractivity contribution is -0.132. The number of nitrogens with one attached hydrogen (secondary N) is 2. The molecule has 0 aromatic heterocycles. The van der Waals surface area contributed by atoms with Gasteiger partial charge in [-0.1, -0.05) is 0 Å². The number of likely N-dealkylation sites (N-methyl/N-ethyl adjacent to an activating group) is 1. The van der Waals surface area contributed by atoms with Gasteiger partial charge in [0.1, 0.15) is 17.2 Å². The summed E-state index contributed by atoms with van der Waals surface area (Å²) in [4.78, 5) is 25.7. The second-order valence-electron chi connectivity index (χ2n) is 3.28. The first kappa shape index (κ1) is 12.2. The van der Waals surface area contributed by atoms with E-state index in [9.17, 15) is 14.7 Å². The fraction of sp³-hybridized carbons (Fsp3) is 0.444. The largest absolute Gasteiger partial charge is 0.510 e. The summed E-state index contributed by atoms with van der Waals surface area (Å²) < 4.78 is 0. The predicted octanol–water partition coefficient (Wildman–Crippen LogP) is -0.981. The number of aliphatic imine (C=N–C) groups is 1. The van der Waals surface area contributed by atoms with Crippen molar-refractivity contribution in [2.24, 2.45) is 4.99 Å². The molecule has 1 aliphatic rings. The third-order valence-corrected chi connectivity index (χ3v) is 2.11. The molecule has 0 aliphatic carbocycles. The van der Waals surface area contributed by atoms with Gasteiger partial charge in [0.25, 0.3) is 0 Å². The van der Waals surface area contributed by atoms with Crippen molar-refractivity contribution in [3.8, 4) is 0 Å². The number of carbonyl (C=O) groups excluding carboxylic acids is 1. The van der Waals surface area contributed by atoms with Crippen LogP contribution in [0.3, 0.4) is 0 Å². The number of rotatable bonds is 2. The molecular formula is C9H13N3O4. The van der Waals surface area contributed by atoms with Gasteiger partial charge >= 0.3 is 5.97 Å². The summed E-state index contributed by atoms with van der Waals surface area (Å²) in [6.45, 7) is 1.41. The zero-order valence-electron chi connectivity index (χ0n) is 8.94. The maximum atomic E-state index is 10.9. The first-order valence-corrected chi connectivity index (χ1v) is 4.63. The quantitative estimate of drug-likeness (QED) is 0.484. The Labute approximate surface area is 91.9 Å². The molecule has 0 saturated heterocycles. The van der Waals surface area contributed by atoms with Crippen LogP contribution in [0.4, 0.5) is 0 Å². The number of aliphatic hydroxyl groups is 1. The van der Waals surface area contributed by atoms with Crippen LogP contribution in [0, 0.1) is 0 Å². The SMILES string of the molecule is CNC1CN=C(NC(C)=O)C(C(=O)O)=C1O. The molecule has 1 atom stereocenters. The monoisotopic (exact) mass is 227 g/mol. The highest BCUT2D eigenvalue weighted by molar-refractivity contribution is 6.22. The van der Waals surface area contributed by atoms with E-state index < -0.39 is 17.9 Å². The van der Waals surface area contributed by atoms with E-state index in [1.165, 1.54) is 6.92 Å². The second-order valence-corrected chi connectivity index (χ2v) is 3.28. The van der Waals surface area contributed by atoms with E-state index in [4.69, 9.17) is 5.11 Å². The summed E-state index contributed by atoms with van der Waals surface area (Å²) in [5.41, 5.74) is -0.374. The molecular weight excluding hydrogens is 214 g/mol. The molecule has 1 heterocycles. The lowest BCUT2D eigenvalue weighted by Crippen LogP contribution is -2.42. The van der Waals surface area contributed by atoms with Crippen LogP contribution in [0.2, 0.25) is 0 Å². The summed E-state index contributed by atoms with van der Waals surface area (Å²) in [6, 6.07) is -0.538. The lowest BCUT2D eigenvalue weighted by atomic mass is 10.1. The molecule has 1 aliphatic heterocycles. The van der Waals surface area contributed by atoms with Crippen molar-refractivity contribution in [2.75, 3.05) is 13.6 Å². The minimum atomic E-state index is -1.33. The van der Waals surface area contributed by atoms with E-state index in [0.717, 1.165) is 0 Å². The van der Waals surface area contributed by atoms with Crippen molar-refractivity contribution in [3.05, 3.63) is 11.3 Å². The second kappa shape index (κ2) is 4.75. The van der Waals surface area contributed by atoms with Crippen molar-refractivity contribution >= 4 is 17.7 Å². The van der Waals surface area contributed by atoms with Crippen molar-refractivity contribution in [1.29, 1.82) is 0 Å². The van der Waals surface area contributed by atoms with Gasteiger partial charge in [-0.05, 0) is 7.05 Å². The molecule has 7 heteroatoms. The fourth-order valence-corrected chi connectivity index (χ4v) is 1.35. The Hall–Kier alpha value is -1.89. The highest BCUT2D eigenvalue weighted by atomic mass is 16.4. The number of amidine groups is 1. The van der Waals surface area contributed by atoms with Gasteiger partial charge in [0.15, 0.2) is 0 Å². The number of dihydropyridines is 1. The highest BCUT2D eigenvalue weighted by Crippen LogP contribution is 2.14.